The first kappa shape index (κ1) is 21.5. The maximum atomic E-state index is 13.3. The summed E-state index contributed by atoms with van der Waals surface area (Å²) in [6, 6.07) is 16.4. The zero-order valence-electron chi connectivity index (χ0n) is 17.5. The van der Waals surface area contributed by atoms with Gasteiger partial charge < -0.3 is 15.6 Å². The van der Waals surface area contributed by atoms with Gasteiger partial charge in [-0.05, 0) is 41.9 Å². The Morgan fingerprint density at radius 1 is 1.19 bits per heavy atom. The number of hydrogen-bond donors (Lipinski definition) is 2. The van der Waals surface area contributed by atoms with Crippen molar-refractivity contribution in [3.8, 4) is 11.3 Å². The molecule has 32 heavy (non-hydrogen) atoms. The lowest BCUT2D eigenvalue weighted by Gasteiger charge is -2.15. The molecule has 0 radical (unpaired) electrons. The molecule has 8 nitrogen and oxygen atoms in total. The molecule has 2 aromatic carbocycles. The van der Waals surface area contributed by atoms with Crippen molar-refractivity contribution in [1.82, 2.24) is 14.5 Å². The minimum absolute atomic E-state index is 0.163. The molecule has 4 aromatic rings. The average Bonchev–Trinajstić information content (AvgIpc) is 2.76. The molecular formula is C23H21N5O3S. The van der Waals surface area contributed by atoms with E-state index in [0.29, 0.717) is 21.7 Å². The van der Waals surface area contributed by atoms with E-state index < -0.39 is 22.6 Å². The highest BCUT2D eigenvalue weighted by atomic mass is 32.2. The lowest BCUT2D eigenvalue weighted by atomic mass is 10.0. The first-order valence-corrected chi connectivity index (χ1v) is 11.3. The number of fused-ring (bicyclic) bond motifs is 1. The largest absolute Gasteiger partial charge is 0.612 e. The Morgan fingerprint density at radius 2 is 1.97 bits per heavy atom. The molecule has 9 heteroatoms. The number of rotatable bonds is 6. The number of aryl methyl sites for hydroxylation is 1. The molecule has 2 heterocycles. The fraction of sp³-hybridized carbons (Fsp3) is 0.130. The predicted octanol–water partition coefficient (Wildman–Crippen LogP) is 2.73. The summed E-state index contributed by atoms with van der Waals surface area (Å²) in [5, 5.41) is 3.58. The maximum Gasteiger partial charge on any atom is 0.278 e. The maximum absolute atomic E-state index is 13.3. The quantitative estimate of drug-likeness (QED) is 0.438. The van der Waals surface area contributed by atoms with E-state index in [1.54, 1.807) is 42.8 Å². The molecular weight excluding hydrogens is 426 g/mol. The van der Waals surface area contributed by atoms with Crippen LogP contribution in [0.1, 0.15) is 5.56 Å². The predicted molar refractivity (Wildman–Crippen MR) is 125 cm³/mol. The fourth-order valence-electron chi connectivity index (χ4n) is 3.47. The summed E-state index contributed by atoms with van der Waals surface area (Å²) < 4.78 is 13.1. The van der Waals surface area contributed by atoms with Crippen molar-refractivity contribution in [3.63, 3.8) is 0 Å². The van der Waals surface area contributed by atoms with Gasteiger partial charge in [0, 0.05) is 28.9 Å². The minimum atomic E-state index is -1.13. The van der Waals surface area contributed by atoms with Crippen LogP contribution in [0.25, 0.3) is 22.2 Å². The lowest BCUT2D eigenvalue weighted by Crippen LogP contribution is -2.30. The Labute approximate surface area is 187 Å². The first-order chi connectivity index (χ1) is 15.3. The molecule has 162 valence electrons. The molecule has 1 amide bonds. The van der Waals surface area contributed by atoms with E-state index in [4.69, 9.17) is 5.73 Å². The van der Waals surface area contributed by atoms with Crippen LogP contribution in [0.4, 0.5) is 11.6 Å². The normalized spacial score (nSPS) is 12.0. The number of carbonyl (C=O) groups excluding carboxylic acids is 1. The Bertz CT molecular complexity index is 1380. The van der Waals surface area contributed by atoms with Gasteiger partial charge in [-0.1, -0.05) is 30.3 Å². The summed E-state index contributed by atoms with van der Waals surface area (Å²) in [5.74, 6) is -0.416. The fourth-order valence-corrected chi connectivity index (χ4v) is 4.03. The number of hydrogen-bond acceptors (Lipinski definition) is 6. The second-order valence-corrected chi connectivity index (χ2v) is 8.69. The van der Waals surface area contributed by atoms with Crippen molar-refractivity contribution >= 4 is 39.6 Å². The van der Waals surface area contributed by atoms with Gasteiger partial charge in [-0.2, -0.15) is 0 Å². The third-order valence-corrected chi connectivity index (χ3v) is 5.92. The van der Waals surface area contributed by atoms with Gasteiger partial charge in [0.2, 0.25) is 11.9 Å². The van der Waals surface area contributed by atoms with Gasteiger partial charge >= 0.3 is 0 Å². The summed E-state index contributed by atoms with van der Waals surface area (Å²) in [6.07, 6.45) is 3.16. The number of carbonyl (C=O) groups is 1. The van der Waals surface area contributed by atoms with Crippen molar-refractivity contribution in [1.29, 1.82) is 0 Å². The molecule has 1 atom stereocenters. The summed E-state index contributed by atoms with van der Waals surface area (Å²) in [6.45, 7) is 1.66. The van der Waals surface area contributed by atoms with Crippen LogP contribution in [-0.4, -0.2) is 31.3 Å². The summed E-state index contributed by atoms with van der Waals surface area (Å²) in [7, 11) is 0. The SMILES string of the molecule is Cc1ccccc1-c1cc2cnc(Nc3cccc([S+](C)[O-])c3)nc2c(=O)n1CC(N)=O. The van der Waals surface area contributed by atoms with E-state index in [-0.39, 0.29) is 18.0 Å². The molecule has 3 N–H and O–H groups in total. The van der Waals surface area contributed by atoms with Gasteiger partial charge in [0.15, 0.2) is 4.90 Å². The van der Waals surface area contributed by atoms with Crippen molar-refractivity contribution in [2.45, 2.75) is 18.4 Å². The topological polar surface area (TPSA) is 126 Å². The molecule has 0 saturated heterocycles. The molecule has 0 fully saturated rings. The summed E-state index contributed by atoms with van der Waals surface area (Å²) >= 11 is -1.13. The first-order valence-electron chi connectivity index (χ1n) is 9.79. The number of aromatic nitrogens is 3. The number of primary amides is 1. The Hall–Kier alpha value is -3.69. The second-order valence-electron chi connectivity index (χ2n) is 7.31. The Morgan fingerprint density at radius 3 is 2.69 bits per heavy atom. The minimum Gasteiger partial charge on any atom is -0.612 e. The molecule has 0 aliphatic heterocycles. The van der Waals surface area contributed by atoms with Crippen LogP contribution in [-0.2, 0) is 22.5 Å². The smallest absolute Gasteiger partial charge is 0.278 e. The van der Waals surface area contributed by atoms with Crippen LogP contribution in [0.15, 0.2) is 70.5 Å². The van der Waals surface area contributed by atoms with E-state index in [9.17, 15) is 14.1 Å². The van der Waals surface area contributed by atoms with Crippen molar-refractivity contribution in [3.05, 3.63) is 76.7 Å². The van der Waals surface area contributed by atoms with E-state index in [0.717, 1.165) is 11.1 Å². The zero-order valence-corrected chi connectivity index (χ0v) is 18.3. The molecule has 0 bridgehead atoms. The van der Waals surface area contributed by atoms with Crippen molar-refractivity contribution in [2.75, 3.05) is 11.6 Å². The van der Waals surface area contributed by atoms with Crippen molar-refractivity contribution in [2.24, 2.45) is 5.73 Å². The molecule has 2 aromatic heterocycles. The molecule has 0 saturated carbocycles. The van der Waals surface area contributed by atoms with Gasteiger partial charge in [-0.25, -0.2) is 9.97 Å². The number of benzene rings is 2. The summed E-state index contributed by atoms with van der Waals surface area (Å²) in [4.78, 5) is 34.4. The molecule has 4 rings (SSSR count). The highest BCUT2D eigenvalue weighted by Crippen LogP contribution is 2.25. The van der Waals surface area contributed by atoms with Gasteiger partial charge in [0.1, 0.15) is 18.3 Å². The van der Waals surface area contributed by atoms with Gasteiger partial charge in [0.05, 0.1) is 5.69 Å². The van der Waals surface area contributed by atoms with Crippen LogP contribution < -0.4 is 16.6 Å². The van der Waals surface area contributed by atoms with E-state index in [2.05, 4.69) is 15.3 Å². The van der Waals surface area contributed by atoms with Gasteiger partial charge in [0.25, 0.3) is 5.56 Å². The molecule has 1 unspecified atom stereocenters. The number of anilines is 2. The average molecular weight is 448 g/mol. The Balaban J connectivity index is 1.83. The lowest BCUT2D eigenvalue weighted by molar-refractivity contribution is -0.118. The van der Waals surface area contributed by atoms with Gasteiger partial charge in [-0.15, -0.1) is 0 Å². The number of pyridine rings is 1. The highest BCUT2D eigenvalue weighted by molar-refractivity contribution is 7.90. The Kier molecular flexibility index (Phi) is 5.93. The highest BCUT2D eigenvalue weighted by Gasteiger charge is 2.16. The third-order valence-electron chi connectivity index (χ3n) is 5.00. The van der Waals surface area contributed by atoms with Crippen LogP contribution in [0.2, 0.25) is 0 Å². The zero-order chi connectivity index (χ0) is 22.8. The monoisotopic (exact) mass is 447 g/mol. The van der Waals surface area contributed by atoms with E-state index >= 15 is 0 Å². The molecule has 0 aliphatic rings. The van der Waals surface area contributed by atoms with Crippen LogP contribution in [0.3, 0.4) is 0 Å². The number of nitrogens with two attached hydrogens (primary N) is 1. The number of nitrogens with zero attached hydrogens (tertiary/aromatic N) is 3. The van der Waals surface area contributed by atoms with Crippen LogP contribution in [0, 0.1) is 6.92 Å². The standard InChI is InChI=1S/C23H21N5O3S/c1-14-6-3-4-9-18(14)19-10-15-12-25-23(26-16-7-5-8-17(11-16)32(2)31)27-21(15)22(30)28(19)13-20(24)29/h3-12H,13H2,1-2H3,(H2,24,29)(H,25,26,27). The van der Waals surface area contributed by atoms with E-state index in [1.165, 1.54) is 4.57 Å². The van der Waals surface area contributed by atoms with Gasteiger partial charge in [-0.3, -0.25) is 14.2 Å². The van der Waals surface area contributed by atoms with Crippen LogP contribution in [0.5, 0.6) is 0 Å². The number of nitrogens with one attached hydrogen (secondary N) is 1. The summed E-state index contributed by atoms with van der Waals surface area (Å²) in [5.41, 5.74) is 8.14. The second kappa shape index (κ2) is 8.81. The number of amides is 1. The molecule has 0 spiro atoms. The van der Waals surface area contributed by atoms with Crippen molar-refractivity contribution < 1.29 is 9.35 Å². The third kappa shape index (κ3) is 4.34. The van der Waals surface area contributed by atoms with E-state index in [1.807, 2.05) is 31.2 Å². The molecule has 0 aliphatic carbocycles. The van der Waals surface area contributed by atoms with Crippen LogP contribution >= 0.6 is 0 Å².